The van der Waals surface area contributed by atoms with Crippen LogP contribution in [0.5, 0.6) is 0 Å². The molecule has 16 heavy (non-hydrogen) atoms. The van der Waals surface area contributed by atoms with Crippen molar-refractivity contribution in [2.45, 2.75) is 72.4 Å². The Balaban J connectivity index is 2.69. The van der Waals surface area contributed by atoms with E-state index in [0.717, 1.165) is 6.42 Å². The lowest BCUT2D eigenvalue weighted by Gasteiger charge is -2.41. The van der Waals surface area contributed by atoms with E-state index in [1.165, 1.54) is 32.1 Å². The molecule has 0 aliphatic heterocycles. The van der Waals surface area contributed by atoms with Gasteiger partial charge in [-0.3, -0.25) is 0 Å². The first-order valence-electron chi connectivity index (χ1n) is 7.25. The minimum atomic E-state index is -0.549. The Kier molecular flexibility index (Phi) is 5.78. The molecule has 0 spiro atoms. The van der Waals surface area contributed by atoms with Gasteiger partial charge >= 0.3 is 0 Å². The van der Waals surface area contributed by atoms with Gasteiger partial charge < -0.3 is 0 Å². The molecule has 0 nitrogen and oxygen atoms in total. The van der Waals surface area contributed by atoms with Crippen LogP contribution in [0.2, 0.25) is 0 Å². The van der Waals surface area contributed by atoms with Crippen LogP contribution in [-0.2, 0) is 0 Å². The highest BCUT2D eigenvalue weighted by atomic mass is 19.1. The summed E-state index contributed by atoms with van der Waals surface area (Å²) in [5.41, 5.74) is 0. The predicted octanol–water partition coefficient (Wildman–Crippen LogP) is 5.22. The van der Waals surface area contributed by atoms with Gasteiger partial charge in [0.15, 0.2) is 0 Å². The van der Waals surface area contributed by atoms with Gasteiger partial charge in [0.1, 0.15) is 6.17 Å². The molecule has 0 amide bonds. The van der Waals surface area contributed by atoms with Gasteiger partial charge in [0.2, 0.25) is 0 Å². The lowest BCUT2D eigenvalue weighted by molar-refractivity contribution is 0.0212. The van der Waals surface area contributed by atoms with E-state index in [4.69, 9.17) is 0 Å². The van der Waals surface area contributed by atoms with Crippen LogP contribution in [0, 0.1) is 23.7 Å². The number of hydrogen-bond donors (Lipinski definition) is 0. The van der Waals surface area contributed by atoms with Crippen molar-refractivity contribution >= 4 is 0 Å². The van der Waals surface area contributed by atoms with Gasteiger partial charge in [-0.2, -0.15) is 0 Å². The lowest BCUT2D eigenvalue weighted by atomic mass is 9.66. The molecule has 2 unspecified atom stereocenters. The van der Waals surface area contributed by atoms with E-state index in [2.05, 4.69) is 27.7 Å². The Bertz CT molecular complexity index is 184. The fourth-order valence-electron chi connectivity index (χ4n) is 3.57. The second kappa shape index (κ2) is 6.61. The zero-order valence-electron chi connectivity index (χ0n) is 11.5. The second-order valence-corrected chi connectivity index (χ2v) is 5.89. The number of hydrogen-bond acceptors (Lipinski definition) is 0. The summed E-state index contributed by atoms with van der Waals surface area (Å²) in [4.78, 5) is 0. The number of alkyl halides is 1. The fraction of sp³-hybridized carbons (Fsp3) is 1.00. The Hall–Kier alpha value is -0.0700. The van der Waals surface area contributed by atoms with Crippen molar-refractivity contribution in [1.82, 2.24) is 0 Å². The van der Waals surface area contributed by atoms with Crippen LogP contribution in [0.3, 0.4) is 0 Å². The van der Waals surface area contributed by atoms with Crippen LogP contribution in [0.1, 0.15) is 66.2 Å². The van der Waals surface area contributed by atoms with Crippen molar-refractivity contribution in [2.75, 3.05) is 0 Å². The summed E-state index contributed by atoms with van der Waals surface area (Å²) in [7, 11) is 0. The Labute approximate surface area is 101 Å². The van der Waals surface area contributed by atoms with Crippen LogP contribution < -0.4 is 0 Å². The van der Waals surface area contributed by atoms with Crippen molar-refractivity contribution in [3.8, 4) is 0 Å². The summed E-state index contributed by atoms with van der Waals surface area (Å²) in [6.45, 7) is 8.82. The van der Waals surface area contributed by atoms with Gasteiger partial charge in [-0.15, -0.1) is 0 Å². The maximum Gasteiger partial charge on any atom is 0.106 e. The van der Waals surface area contributed by atoms with Gasteiger partial charge in [0.25, 0.3) is 0 Å². The van der Waals surface area contributed by atoms with Crippen molar-refractivity contribution < 1.29 is 4.39 Å². The van der Waals surface area contributed by atoms with E-state index in [1.54, 1.807) is 0 Å². The van der Waals surface area contributed by atoms with E-state index in [0.29, 0.717) is 17.8 Å². The average Bonchev–Trinajstić information content (AvgIpc) is 2.25. The third-order valence-electron chi connectivity index (χ3n) is 4.51. The van der Waals surface area contributed by atoms with Crippen LogP contribution in [0.25, 0.3) is 0 Å². The van der Waals surface area contributed by atoms with E-state index in [-0.39, 0.29) is 5.92 Å². The molecule has 96 valence electrons. The largest absolute Gasteiger partial charge is 0.247 e. The van der Waals surface area contributed by atoms with Gasteiger partial charge in [-0.1, -0.05) is 53.4 Å². The molecule has 0 saturated heterocycles. The molecular weight excluding hydrogens is 199 g/mol. The zero-order chi connectivity index (χ0) is 12.1. The van der Waals surface area contributed by atoms with Crippen LogP contribution in [0.4, 0.5) is 4.39 Å². The fourth-order valence-corrected chi connectivity index (χ4v) is 3.57. The molecule has 1 aliphatic rings. The van der Waals surface area contributed by atoms with Crippen molar-refractivity contribution in [3.63, 3.8) is 0 Å². The van der Waals surface area contributed by atoms with Crippen molar-refractivity contribution in [3.05, 3.63) is 0 Å². The Morgan fingerprint density at radius 3 is 2.00 bits per heavy atom. The monoisotopic (exact) mass is 228 g/mol. The topological polar surface area (TPSA) is 0 Å². The molecule has 1 fully saturated rings. The molecule has 0 aromatic rings. The Morgan fingerprint density at radius 2 is 1.50 bits per heavy atom. The first kappa shape index (κ1) is 14.0. The molecule has 0 radical (unpaired) electrons. The van der Waals surface area contributed by atoms with Crippen LogP contribution in [-0.4, -0.2) is 6.17 Å². The quantitative estimate of drug-likeness (QED) is 0.605. The summed E-state index contributed by atoms with van der Waals surface area (Å²) in [5, 5.41) is 0. The molecule has 1 aliphatic carbocycles. The summed E-state index contributed by atoms with van der Waals surface area (Å²) in [5.74, 6) is 1.85. The lowest BCUT2D eigenvalue weighted by Crippen LogP contribution is -2.38. The first-order valence-corrected chi connectivity index (χ1v) is 7.25. The zero-order valence-corrected chi connectivity index (χ0v) is 11.5. The normalized spacial score (nSPS) is 35.6. The first-order chi connectivity index (χ1) is 7.61. The van der Waals surface area contributed by atoms with Gasteiger partial charge in [0.05, 0.1) is 0 Å². The minimum absolute atomic E-state index is 0.289. The molecule has 1 heteroatoms. The third kappa shape index (κ3) is 3.21. The highest BCUT2D eigenvalue weighted by Gasteiger charge is 2.39. The molecule has 1 saturated carbocycles. The third-order valence-corrected chi connectivity index (χ3v) is 4.51. The van der Waals surface area contributed by atoms with E-state index in [9.17, 15) is 4.39 Å². The maximum absolute atomic E-state index is 14.4. The van der Waals surface area contributed by atoms with Crippen LogP contribution in [0.15, 0.2) is 0 Å². The molecule has 0 heterocycles. The molecule has 4 atom stereocenters. The van der Waals surface area contributed by atoms with Gasteiger partial charge in [-0.05, 0) is 36.5 Å². The smallest absolute Gasteiger partial charge is 0.106 e. The second-order valence-electron chi connectivity index (χ2n) is 5.89. The SMILES string of the molecule is CCCC(CCC)[C@@H]1C(C)CCC(C)[C@@H]1F. The van der Waals surface area contributed by atoms with Gasteiger partial charge in [0, 0.05) is 0 Å². The summed E-state index contributed by atoms with van der Waals surface area (Å²) in [6.07, 6.45) is 6.61. The average molecular weight is 228 g/mol. The number of rotatable bonds is 5. The van der Waals surface area contributed by atoms with E-state index in [1.807, 2.05) is 0 Å². The van der Waals surface area contributed by atoms with Crippen molar-refractivity contribution in [1.29, 1.82) is 0 Å². The van der Waals surface area contributed by atoms with Crippen LogP contribution >= 0.6 is 0 Å². The molecule has 0 bridgehead atoms. The van der Waals surface area contributed by atoms with Gasteiger partial charge in [-0.25, -0.2) is 4.39 Å². The summed E-state index contributed by atoms with van der Waals surface area (Å²) >= 11 is 0. The standard InChI is InChI=1S/C15H29F/c1-5-7-13(8-6-2)14-11(3)9-10-12(4)15(14)16/h11-15H,5-10H2,1-4H3/t11?,12?,14-,15-/m0/s1. The maximum atomic E-state index is 14.4. The minimum Gasteiger partial charge on any atom is -0.247 e. The highest BCUT2D eigenvalue weighted by molar-refractivity contribution is 4.88. The molecule has 0 N–H and O–H groups in total. The van der Waals surface area contributed by atoms with E-state index < -0.39 is 6.17 Å². The summed E-state index contributed by atoms with van der Waals surface area (Å²) < 4.78 is 14.4. The van der Waals surface area contributed by atoms with Crippen molar-refractivity contribution in [2.24, 2.45) is 23.7 Å². The summed E-state index contributed by atoms with van der Waals surface area (Å²) in [6, 6.07) is 0. The Morgan fingerprint density at radius 1 is 1.00 bits per heavy atom. The predicted molar refractivity (Wildman–Crippen MR) is 69.3 cm³/mol. The highest BCUT2D eigenvalue weighted by Crippen LogP contribution is 2.42. The molecule has 0 aromatic carbocycles. The number of halogens is 1. The molecule has 0 aromatic heterocycles. The molecular formula is C15H29F. The van der Waals surface area contributed by atoms with E-state index >= 15 is 0 Å². The molecule has 1 rings (SSSR count).